The second-order valence-corrected chi connectivity index (χ2v) is 7.04. The quantitative estimate of drug-likeness (QED) is 0.702. The molecule has 0 saturated heterocycles. The van der Waals surface area contributed by atoms with Gasteiger partial charge in [0.15, 0.2) is 5.82 Å². The minimum atomic E-state index is 0.269. The number of nitrogens with zero attached hydrogens (tertiary/aromatic N) is 4. The molecule has 130 valence electrons. The lowest BCUT2D eigenvalue weighted by molar-refractivity contribution is 0.378. The Kier molecular flexibility index (Phi) is 4.21. The van der Waals surface area contributed by atoms with Crippen LogP contribution in [0.25, 0.3) is 5.69 Å². The Labute approximate surface area is 151 Å². The van der Waals surface area contributed by atoms with E-state index >= 15 is 0 Å². The Hall–Kier alpha value is -2.34. The van der Waals surface area contributed by atoms with Crippen molar-refractivity contribution in [2.45, 2.75) is 45.1 Å². The Morgan fingerprint density at radius 2 is 2.12 bits per heavy atom. The molecule has 0 unspecified atom stereocenters. The van der Waals surface area contributed by atoms with Gasteiger partial charge in [0.2, 0.25) is 5.89 Å². The van der Waals surface area contributed by atoms with Crippen molar-refractivity contribution in [3.63, 3.8) is 0 Å². The monoisotopic (exact) mass is 357 g/mol. The van der Waals surface area contributed by atoms with E-state index in [1.54, 1.807) is 0 Å². The van der Waals surface area contributed by atoms with Gasteiger partial charge in [-0.1, -0.05) is 42.7 Å². The molecule has 0 bridgehead atoms. The Morgan fingerprint density at radius 1 is 1.32 bits per heavy atom. The largest absolute Gasteiger partial charge is 0.373 e. The number of nitrogens with one attached hydrogen (secondary N) is 1. The second-order valence-electron chi connectivity index (χ2n) is 6.64. The lowest BCUT2D eigenvalue weighted by atomic mass is 10.1. The van der Waals surface area contributed by atoms with Crippen LogP contribution in [0.4, 0.5) is 5.69 Å². The van der Waals surface area contributed by atoms with E-state index in [9.17, 15) is 0 Å². The molecule has 0 spiro atoms. The molecule has 0 atom stereocenters. The fourth-order valence-electron chi connectivity index (χ4n) is 2.88. The maximum atomic E-state index is 6.34. The fraction of sp³-hybridized carbons (Fsp3) is 0.389. The Balaban J connectivity index is 1.58. The van der Waals surface area contributed by atoms with Crippen molar-refractivity contribution in [2.24, 2.45) is 0 Å². The first-order valence-electron chi connectivity index (χ1n) is 8.52. The van der Waals surface area contributed by atoms with E-state index in [4.69, 9.17) is 16.1 Å². The number of para-hydroxylation sites is 1. The number of aromatic nitrogens is 4. The van der Waals surface area contributed by atoms with Crippen molar-refractivity contribution in [3.8, 4) is 5.69 Å². The maximum Gasteiger partial charge on any atom is 0.245 e. The van der Waals surface area contributed by atoms with E-state index in [1.165, 1.54) is 0 Å². The summed E-state index contributed by atoms with van der Waals surface area (Å²) in [6.45, 7) is 4.74. The van der Waals surface area contributed by atoms with Crippen LogP contribution in [0.3, 0.4) is 0 Å². The van der Waals surface area contributed by atoms with Crippen LogP contribution in [0.2, 0.25) is 5.02 Å². The minimum Gasteiger partial charge on any atom is -0.373 e. The summed E-state index contributed by atoms with van der Waals surface area (Å²) < 4.78 is 7.21. The van der Waals surface area contributed by atoms with Gasteiger partial charge in [-0.05, 0) is 30.9 Å². The molecule has 3 aromatic rings. The lowest BCUT2D eigenvalue weighted by Crippen LogP contribution is -2.08. The van der Waals surface area contributed by atoms with Gasteiger partial charge < -0.3 is 9.84 Å². The summed E-state index contributed by atoms with van der Waals surface area (Å²) in [5.74, 6) is 2.19. The van der Waals surface area contributed by atoms with Crippen molar-refractivity contribution < 1.29 is 4.52 Å². The van der Waals surface area contributed by atoms with Gasteiger partial charge in [0.25, 0.3) is 0 Å². The van der Waals surface area contributed by atoms with Gasteiger partial charge >= 0.3 is 0 Å². The molecule has 25 heavy (non-hydrogen) atoms. The first-order chi connectivity index (χ1) is 12.1. The molecule has 1 saturated carbocycles. The number of anilines is 1. The van der Waals surface area contributed by atoms with Crippen molar-refractivity contribution in [1.29, 1.82) is 0 Å². The SMILES string of the molecule is CC(C)c1c(NCc2nc(C3CC3)no2)cnn1-c1ccccc1Cl. The van der Waals surface area contributed by atoms with Crippen LogP contribution >= 0.6 is 11.6 Å². The van der Waals surface area contributed by atoms with Crippen LogP contribution in [0.5, 0.6) is 0 Å². The van der Waals surface area contributed by atoms with E-state index in [-0.39, 0.29) is 5.92 Å². The molecule has 7 heteroatoms. The highest BCUT2D eigenvalue weighted by Gasteiger charge is 2.28. The predicted octanol–water partition coefficient (Wildman–Crippen LogP) is 4.52. The van der Waals surface area contributed by atoms with Crippen LogP contribution in [0.1, 0.15) is 55.9 Å². The molecule has 4 rings (SSSR count). The average molecular weight is 358 g/mol. The summed E-state index contributed by atoms with van der Waals surface area (Å²) in [6.07, 6.45) is 4.14. The van der Waals surface area contributed by atoms with E-state index < -0.39 is 0 Å². The van der Waals surface area contributed by atoms with E-state index in [1.807, 2.05) is 35.1 Å². The van der Waals surface area contributed by atoms with Gasteiger partial charge in [0, 0.05) is 5.92 Å². The van der Waals surface area contributed by atoms with Crippen molar-refractivity contribution in [3.05, 3.63) is 52.9 Å². The summed E-state index contributed by atoms with van der Waals surface area (Å²) in [6, 6.07) is 7.70. The zero-order valence-electron chi connectivity index (χ0n) is 14.2. The molecule has 1 N–H and O–H groups in total. The zero-order chi connectivity index (χ0) is 17.4. The minimum absolute atomic E-state index is 0.269. The lowest BCUT2D eigenvalue weighted by Gasteiger charge is -2.14. The predicted molar refractivity (Wildman–Crippen MR) is 96.3 cm³/mol. The molecule has 2 heterocycles. The summed E-state index contributed by atoms with van der Waals surface area (Å²) in [5.41, 5.74) is 2.88. The number of hydrogen-bond acceptors (Lipinski definition) is 5. The third-order valence-electron chi connectivity index (χ3n) is 4.29. The standard InChI is InChI=1S/C18H20ClN5O/c1-11(2)17-14(9-21-24(17)15-6-4-3-5-13(15)19)20-10-16-22-18(23-25-16)12-7-8-12/h3-6,9,11-12,20H,7-8,10H2,1-2H3. The van der Waals surface area contributed by atoms with Crippen molar-refractivity contribution in [1.82, 2.24) is 19.9 Å². The van der Waals surface area contributed by atoms with Crippen LogP contribution in [-0.4, -0.2) is 19.9 Å². The summed E-state index contributed by atoms with van der Waals surface area (Å²) >= 11 is 6.34. The first-order valence-corrected chi connectivity index (χ1v) is 8.90. The number of benzene rings is 1. The molecule has 1 aromatic carbocycles. The summed E-state index contributed by atoms with van der Waals surface area (Å²) in [7, 11) is 0. The number of halogens is 1. The molecular weight excluding hydrogens is 338 g/mol. The van der Waals surface area contributed by atoms with E-state index in [0.29, 0.717) is 23.4 Å². The van der Waals surface area contributed by atoms with Gasteiger partial charge in [-0.3, -0.25) is 0 Å². The fourth-order valence-corrected chi connectivity index (χ4v) is 3.10. The molecule has 0 aliphatic heterocycles. The van der Waals surface area contributed by atoms with Crippen LogP contribution in [0.15, 0.2) is 35.0 Å². The van der Waals surface area contributed by atoms with E-state index in [0.717, 1.165) is 35.7 Å². The topological polar surface area (TPSA) is 68.8 Å². The number of hydrogen-bond donors (Lipinski definition) is 1. The van der Waals surface area contributed by atoms with Crippen molar-refractivity contribution >= 4 is 17.3 Å². The zero-order valence-corrected chi connectivity index (χ0v) is 15.0. The van der Waals surface area contributed by atoms with Gasteiger partial charge in [-0.2, -0.15) is 10.1 Å². The molecule has 2 aromatic heterocycles. The van der Waals surface area contributed by atoms with E-state index in [2.05, 4.69) is 34.4 Å². The molecular formula is C18H20ClN5O. The Bertz CT molecular complexity index is 881. The molecule has 0 radical (unpaired) electrons. The molecule has 1 aliphatic carbocycles. The smallest absolute Gasteiger partial charge is 0.245 e. The van der Waals surface area contributed by atoms with Gasteiger partial charge in [-0.15, -0.1) is 0 Å². The number of rotatable bonds is 6. The van der Waals surface area contributed by atoms with Gasteiger partial charge in [0.05, 0.1) is 34.8 Å². The highest BCUT2D eigenvalue weighted by Crippen LogP contribution is 2.38. The third kappa shape index (κ3) is 3.26. The molecule has 1 aliphatic rings. The Morgan fingerprint density at radius 3 is 2.84 bits per heavy atom. The molecule has 0 amide bonds. The normalized spacial score (nSPS) is 14.2. The molecule has 1 fully saturated rings. The third-order valence-corrected chi connectivity index (χ3v) is 4.61. The average Bonchev–Trinajstić information content (AvgIpc) is 3.18. The maximum absolute atomic E-state index is 6.34. The van der Waals surface area contributed by atoms with Crippen LogP contribution in [0, 0.1) is 0 Å². The van der Waals surface area contributed by atoms with Gasteiger partial charge in [-0.25, -0.2) is 4.68 Å². The summed E-state index contributed by atoms with van der Waals surface area (Å²) in [5, 5.41) is 12.6. The van der Waals surface area contributed by atoms with Crippen molar-refractivity contribution in [2.75, 3.05) is 5.32 Å². The first kappa shape index (κ1) is 16.1. The van der Waals surface area contributed by atoms with Crippen LogP contribution in [-0.2, 0) is 6.54 Å². The second kappa shape index (κ2) is 6.52. The highest BCUT2D eigenvalue weighted by atomic mass is 35.5. The summed E-state index contributed by atoms with van der Waals surface area (Å²) in [4.78, 5) is 4.45. The molecule has 6 nitrogen and oxygen atoms in total. The highest BCUT2D eigenvalue weighted by molar-refractivity contribution is 6.32. The van der Waals surface area contributed by atoms with Gasteiger partial charge in [0.1, 0.15) is 0 Å². The van der Waals surface area contributed by atoms with Crippen LogP contribution < -0.4 is 5.32 Å².